The van der Waals surface area contributed by atoms with Crippen LogP contribution in [0, 0.1) is 11.7 Å². The molecule has 1 saturated heterocycles. The summed E-state index contributed by atoms with van der Waals surface area (Å²) in [5.41, 5.74) is 3.98. The number of carbonyl (C=O) groups is 1. The lowest BCUT2D eigenvalue weighted by molar-refractivity contribution is -0.117. The molecule has 1 aliphatic rings. The lowest BCUT2D eigenvalue weighted by atomic mass is 10.0. The molecule has 0 bridgehead atoms. The smallest absolute Gasteiger partial charge is 0.224 e. The van der Waals surface area contributed by atoms with Crippen molar-refractivity contribution in [2.24, 2.45) is 5.92 Å². The van der Waals surface area contributed by atoms with Gasteiger partial charge in [-0.1, -0.05) is 37.8 Å². The average molecular weight is 338 g/mol. The quantitative estimate of drug-likeness (QED) is 0.795. The zero-order valence-electron chi connectivity index (χ0n) is 14.5. The van der Waals surface area contributed by atoms with Crippen molar-refractivity contribution < 1.29 is 9.18 Å². The van der Waals surface area contributed by atoms with Gasteiger partial charge in [0.2, 0.25) is 5.91 Å². The zero-order chi connectivity index (χ0) is 17.8. The first-order valence-corrected chi connectivity index (χ1v) is 8.54. The lowest BCUT2D eigenvalue weighted by Crippen LogP contribution is -2.42. The summed E-state index contributed by atoms with van der Waals surface area (Å²) in [7, 11) is 0. The van der Waals surface area contributed by atoms with E-state index in [-0.39, 0.29) is 11.7 Å². The molecule has 1 fully saturated rings. The Morgan fingerprint density at radius 1 is 1.12 bits per heavy atom. The van der Waals surface area contributed by atoms with Crippen LogP contribution in [0.3, 0.4) is 0 Å². The molecule has 0 saturated carbocycles. The second-order valence-electron chi connectivity index (χ2n) is 6.86. The van der Waals surface area contributed by atoms with Crippen LogP contribution >= 0.6 is 0 Å². The van der Waals surface area contributed by atoms with Crippen molar-refractivity contribution in [1.82, 2.24) is 4.90 Å². The molecule has 1 amide bonds. The molecule has 3 nitrogen and oxygen atoms in total. The van der Waals surface area contributed by atoms with E-state index in [1.165, 1.54) is 17.7 Å². The first kappa shape index (κ1) is 17.4. The summed E-state index contributed by atoms with van der Waals surface area (Å²) in [6, 6.07) is 14.0. The number of rotatable bonds is 6. The highest BCUT2D eigenvalue weighted by atomic mass is 19.1. The fourth-order valence-electron chi connectivity index (χ4n) is 3.14. The molecule has 1 heterocycles. The van der Waals surface area contributed by atoms with Crippen LogP contribution in [0.2, 0.25) is 0 Å². The zero-order valence-corrected chi connectivity index (χ0v) is 14.5. The van der Waals surface area contributed by atoms with Crippen LogP contribution in [0.5, 0.6) is 0 Å². The van der Waals surface area contributed by atoms with Gasteiger partial charge >= 0.3 is 0 Å². The summed E-state index contributed by atoms with van der Waals surface area (Å²) >= 11 is 0. The molecule has 1 unspecified atom stereocenters. The molecule has 0 spiro atoms. The molecule has 2 aromatic rings. The second-order valence-corrected chi connectivity index (χ2v) is 6.86. The fraction of sp³-hybridized carbons (Fsp3) is 0.286. The Morgan fingerprint density at radius 2 is 1.68 bits per heavy atom. The molecule has 2 aromatic carbocycles. The monoisotopic (exact) mass is 338 g/mol. The second kappa shape index (κ2) is 7.62. The van der Waals surface area contributed by atoms with E-state index in [9.17, 15) is 9.18 Å². The van der Waals surface area contributed by atoms with Crippen LogP contribution in [0.15, 0.2) is 60.7 Å². The lowest BCUT2D eigenvalue weighted by Gasteiger charge is -2.35. The number of halogens is 1. The molecule has 0 radical (unpaired) electrons. The maximum absolute atomic E-state index is 13.0. The van der Waals surface area contributed by atoms with Gasteiger partial charge in [-0.15, -0.1) is 0 Å². The molecule has 1 aliphatic heterocycles. The van der Waals surface area contributed by atoms with Crippen molar-refractivity contribution >= 4 is 11.6 Å². The molecule has 1 N–H and O–H groups in total. The van der Waals surface area contributed by atoms with E-state index >= 15 is 0 Å². The van der Waals surface area contributed by atoms with Gasteiger partial charge in [-0.25, -0.2) is 4.39 Å². The van der Waals surface area contributed by atoms with Crippen LogP contribution < -0.4 is 5.32 Å². The number of likely N-dealkylation sites (tertiary alicyclic amines) is 1. The number of nitrogens with zero attached hydrogens (tertiary/aromatic N) is 1. The normalized spacial score (nSPS) is 15.5. The number of hydrogen-bond donors (Lipinski definition) is 1. The van der Waals surface area contributed by atoms with Gasteiger partial charge in [-0.2, -0.15) is 0 Å². The minimum atomic E-state index is -0.246. The fourth-order valence-corrected chi connectivity index (χ4v) is 3.14. The van der Waals surface area contributed by atoms with Crippen molar-refractivity contribution in [3.63, 3.8) is 0 Å². The Morgan fingerprint density at radius 3 is 2.24 bits per heavy atom. The van der Waals surface area contributed by atoms with Gasteiger partial charge in [0.05, 0.1) is 0 Å². The average Bonchev–Trinajstić information content (AvgIpc) is 2.55. The van der Waals surface area contributed by atoms with Crippen molar-refractivity contribution in [3.05, 3.63) is 66.5 Å². The Balaban J connectivity index is 1.51. The maximum atomic E-state index is 13.0. The first-order valence-electron chi connectivity index (χ1n) is 8.54. The molecule has 4 heteroatoms. The summed E-state index contributed by atoms with van der Waals surface area (Å²) in [6.07, 6.45) is 0.503. The third-order valence-corrected chi connectivity index (χ3v) is 4.34. The predicted octanol–water partition coefficient (Wildman–Crippen LogP) is 4.33. The Kier molecular flexibility index (Phi) is 5.29. The van der Waals surface area contributed by atoms with Crippen LogP contribution in [-0.4, -0.2) is 30.4 Å². The first-order chi connectivity index (χ1) is 12.0. The summed E-state index contributed by atoms with van der Waals surface area (Å²) in [5.74, 6) is 0.0947. The van der Waals surface area contributed by atoms with E-state index in [2.05, 4.69) is 23.7 Å². The van der Waals surface area contributed by atoms with Gasteiger partial charge in [0.25, 0.3) is 0 Å². The number of benzene rings is 2. The largest absolute Gasteiger partial charge is 0.326 e. The highest BCUT2D eigenvalue weighted by Gasteiger charge is 2.21. The number of carbonyl (C=O) groups excluding carboxylic acids is 1. The van der Waals surface area contributed by atoms with Gasteiger partial charge in [0.1, 0.15) is 5.82 Å². The predicted molar refractivity (Wildman–Crippen MR) is 99.8 cm³/mol. The van der Waals surface area contributed by atoms with Crippen molar-refractivity contribution in [1.29, 1.82) is 0 Å². The number of hydrogen-bond acceptors (Lipinski definition) is 2. The summed E-state index contributed by atoms with van der Waals surface area (Å²) < 4.78 is 13.0. The minimum Gasteiger partial charge on any atom is -0.326 e. The Bertz CT molecular complexity index is 744. The van der Waals surface area contributed by atoms with Crippen molar-refractivity contribution in [3.8, 4) is 11.1 Å². The number of nitrogens with one attached hydrogen (secondary N) is 1. The van der Waals surface area contributed by atoms with Crippen LogP contribution in [0.25, 0.3) is 11.1 Å². The Labute approximate surface area is 148 Å². The van der Waals surface area contributed by atoms with Crippen LogP contribution in [0.4, 0.5) is 10.1 Å². The van der Waals surface area contributed by atoms with E-state index in [0.717, 1.165) is 36.4 Å². The third-order valence-electron chi connectivity index (χ3n) is 4.34. The van der Waals surface area contributed by atoms with Crippen molar-refractivity contribution in [2.75, 3.05) is 25.0 Å². The molecular formula is C21H23FN2O. The van der Waals surface area contributed by atoms with E-state index in [1.807, 2.05) is 24.3 Å². The van der Waals surface area contributed by atoms with Crippen molar-refractivity contribution in [2.45, 2.75) is 13.3 Å². The van der Waals surface area contributed by atoms with Gasteiger partial charge in [-0.3, -0.25) is 9.69 Å². The summed E-state index contributed by atoms with van der Waals surface area (Å²) in [5, 5.41) is 2.94. The van der Waals surface area contributed by atoms with Gasteiger partial charge in [-0.05, 0) is 46.9 Å². The number of amides is 1. The molecule has 0 aromatic heterocycles. The SMILES string of the molecule is C=C1CN(CC(C)CC(=O)Nc2ccc(-c3ccc(F)cc3)cc2)C1. The minimum absolute atomic E-state index is 0.0291. The highest BCUT2D eigenvalue weighted by molar-refractivity contribution is 5.91. The van der Waals surface area contributed by atoms with E-state index in [4.69, 9.17) is 0 Å². The Hall–Kier alpha value is -2.46. The third kappa shape index (κ3) is 4.77. The van der Waals surface area contributed by atoms with Gasteiger partial charge in [0, 0.05) is 31.7 Å². The molecule has 3 rings (SSSR count). The molecule has 25 heavy (non-hydrogen) atoms. The van der Waals surface area contributed by atoms with E-state index < -0.39 is 0 Å². The van der Waals surface area contributed by atoms with Crippen LogP contribution in [-0.2, 0) is 4.79 Å². The van der Waals surface area contributed by atoms with Crippen LogP contribution in [0.1, 0.15) is 13.3 Å². The molecule has 1 atom stereocenters. The summed E-state index contributed by atoms with van der Waals surface area (Å²) in [6.45, 7) is 8.86. The molecule has 0 aliphatic carbocycles. The van der Waals surface area contributed by atoms with E-state index in [0.29, 0.717) is 12.3 Å². The van der Waals surface area contributed by atoms with Gasteiger partial charge in [0.15, 0.2) is 0 Å². The van der Waals surface area contributed by atoms with E-state index in [1.54, 1.807) is 12.1 Å². The molecular weight excluding hydrogens is 315 g/mol. The molecule has 130 valence electrons. The topological polar surface area (TPSA) is 32.3 Å². The summed E-state index contributed by atoms with van der Waals surface area (Å²) in [4.78, 5) is 14.5. The standard InChI is InChI=1S/C21H23FN2O/c1-15(12-24-13-16(2)14-24)11-21(25)23-20-9-5-18(6-10-20)17-3-7-19(22)8-4-17/h3-10,15H,2,11-14H2,1H3,(H,23,25). The highest BCUT2D eigenvalue weighted by Crippen LogP contribution is 2.22. The van der Waals surface area contributed by atoms with Gasteiger partial charge < -0.3 is 5.32 Å². The maximum Gasteiger partial charge on any atom is 0.224 e. The number of anilines is 1.